The van der Waals surface area contributed by atoms with Crippen LogP contribution in [0.3, 0.4) is 0 Å². The number of ether oxygens (including phenoxy) is 2. The van der Waals surface area contributed by atoms with Gasteiger partial charge in [-0.1, -0.05) is 37.3 Å². The maximum Gasteiger partial charge on any atom is 0.416 e. The summed E-state index contributed by atoms with van der Waals surface area (Å²) in [5.41, 5.74) is 0.561. The number of rotatable bonds is 7. The Morgan fingerprint density at radius 3 is 2.47 bits per heavy atom. The van der Waals surface area contributed by atoms with Gasteiger partial charge in [0.15, 0.2) is 6.61 Å². The van der Waals surface area contributed by atoms with E-state index in [1.807, 2.05) is 42.2 Å². The van der Waals surface area contributed by atoms with Gasteiger partial charge in [-0.05, 0) is 29.7 Å². The van der Waals surface area contributed by atoms with Crippen LogP contribution in [0.2, 0.25) is 0 Å². The van der Waals surface area contributed by atoms with Crippen molar-refractivity contribution in [3.8, 4) is 0 Å². The minimum absolute atomic E-state index is 0.0143. The van der Waals surface area contributed by atoms with Gasteiger partial charge >= 0.3 is 12.1 Å². The van der Waals surface area contributed by atoms with Crippen molar-refractivity contribution in [2.75, 3.05) is 43.1 Å². The molecule has 2 aromatic carbocycles. The Bertz CT molecular complexity index is 929. The number of amides is 1. The van der Waals surface area contributed by atoms with Crippen LogP contribution in [0.15, 0.2) is 48.5 Å². The third-order valence-electron chi connectivity index (χ3n) is 5.16. The molecular formula is C23H25F3N2O4. The average molecular weight is 450 g/mol. The van der Waals surface area contributed by atoms with Gasteiger partial charge in [0.1, 0.15) is 0 Å². The predicted molar refractivity (Wildman–Crippen MR) is 114 cm³/mol. The number of carbonyl (C=O) groups is 2. The van der Waals surface area contributed by atoms with Crippen LogP contribution in [-0.4, -0.2) is 44.8 Å². The Kier molecular flexibility index (Phi) is 7.74. The SMILES string of the molecule is CC(CC(=O)OCC(=O)Nc1cc(C(F)(F)F)ccc1N1CCOCC1)c1ccccc1. The van der Waals surface area contributed by atoms with Gasteiger partial charge in [0.2, 0.25) is 0 Å². The number of halogens is 3. The molecule has 2 aromatic rings. The largest absolute Gasteiger partial charge is 0.456 e. The van der Waals surface area contributed by atoms with Crippen molar-refractivity contribution >= 4 is 23.3 Å². The standard InChI is InChI=1S/C23H25F3N2O4/c1-16(17-5-3-2-4-6-17)13-22(30)32-15-21(29)27-19-14-18(23(24,25)26)7-8-20(19)28-9-11-31-12-10-28/h2-8,14,16H,9-13,15H2,1H3,(H,27,29). The van der Waals surface area contributed by atoms with E-state index >= 15 is 0 Å². The second kappa shape index (κ2) is 10.5. The molecule has 0 radical (unpaired) electrons. The molecule has 1 aliphatic heterocycles. The molecule has 1 heterocycles. The van der Waals surface area contributed by atoms with Crippen LogP contribution in [0.1, 0.15) is 30.4 Å². The van der Waals surface area contributed by atoms with Crippen molar-refractivity contribution in [3.63, 3.8) is 0 Å². The molecule has 1 aliphatic rings. The molecule has 3 rings (SSSR count). The molecule has 1 fully saturated rings. The molecular weight excluding hydrogens is 425 g/mol. The summed E-state index contributed by atoms with van der Waals surface area (Å²) in [7, 11) is 0. The van der Waals surface area contributed by atoms with Crippen LogP contribution in [0.5, 0.6) is 0 Å². The molecule has 0 spiro atoms. The summed E-state index contributed by atoms with van der Waals surface area (Å²) in [4.78, 5) is 26.3. The molecule has 1 unspecified atom stereocenters. The van der Waals surface area contributed by atoms with Crippen molar-refractivity contribution < 1.29 is 32.2 Å². The van der Waals surface area contributed by atoms with Crippen LogP contribution in [0.25, 0.3) is 0 Å². The van der Waals surface area contributed by atoms with E-state index in [1.165, 1.54) is 6.07 Å². The first-order valence-electron chi connectivity index (χ1n) is 10.3. The Labute approximate surface area is 184 Å². The van der Waals surface area contributed by atoms with Crippen molar-refractivity contribution in [3.05, 3.63) is 59.7 Å². The van der Waals surface area contributed by atoms with Crippen LogP contribution in [-0.2, 0) is 25.2 Å². The topological polar surface area (TPSA) is 67.9 Å². The van der Waals surface area contributed by atoms with E-state index in [2.05, 4.69) is 5.32 Å². The quantitative estimate of drug-likeness (QED) is 0.640. The first-order valence-corrected chi connectivity index (χ1v) is 10.3. The third-order valence-corrected chi connectivity index (χ3v) is 5.16. The van der Waals surface area contributed by atoms with Crippen molar-refractivity contribution in [1.29, 1.82) is 0 Å². The number of carbonyl (C=O) groups excluding carboxylic acids is 2. The summed E-state index contributed by atoms with van der Waals surface area (Å²) in [6, 6.07) is 12.6. The summed E-state index contributed by atoms with van der Waals surface area (Å²) in [6.07, 6.45) is -4.47. The van der Waals surface area contributed by atoms with Gasteiger partial charge in [-0.25, -0.2) is 0 Å². The Morgan fingerprint density at radius 1 is 1.12 bits per heavy atom. The van der Waals surface area contributed by atoms with E-state index in [-0.39, 0.29) is 18.0 Å². The zero-order chi connectivity index (χ0) is 23.1. The molecule has 1 atom stereocenters. The first-order chi connectivity index (χ1) is 15.2. The van der Waals surface area contributed by atoms with Gasteiger partial charge in [0, 0.05) is 13.1 Å². The van der Waals surface area contributed by atoms with E-state index in [0.29, 0.717) is 32.0 Å². The fraction of sp³-hybridized carbons (Fsp3) is 0.391. The number of nitrogens with zero attached hydrogens (tertiary/aromatic N) is 1. The number of benzene rings is 2. The lowest BCUT2D eigenvalue weighted by molar-refractivity contribution is -0.147. The minimum atomic E-state index is -4.55. The predicted octanol–water partition coefficient (Wildman–Crippen LogP) is 4.22. The van der Waals surface area contributed by atoms with Crippen LogP contribution in [0, 0.1) is 0 Å². The minimum Gasteiger partial charge on any atom is -0.456 e. The van der Waals surface area contributed by atoms with Crippen molar-refractivity contribution in [2.45, 2.75) is 25.4 Å². The van der Waals surface area contributed by atoms with Crippen molar-refractivity contribution in [1.82, 2.24) is 0 Å². The Morgan fingerprint density at radius 2 is 1.81 bits per heavy atom. The molecule has 1 saturated heterocycles. The van der Waals surface area contributed by atoms with E-state index in [9.17, 15) is 22.8 Å². The van der Waals surface area contributed by atoms with Crippen LogP contribution in [0.4, 0.5) is 24.5 Å². The maximum absolute atomic E-state index is 13.2. The van der Waals surface area contributed by atoms with E-state index in [1.54, 1.807) is 0 Å². The lowest BCUT2D eigenvalue weighted by Gasteiger charge is -2.31. The smallest absolute Gasteiger partial charge is 0.416 e. The number of anilines is 2. The number of hydrogen-bond donors (Lipinski definition) is 1. The fourth-order valence-electron chi connectivity index (χ4n) is 3.43. The summed E-state index contributed by atoms with van der Waals surface area (Å²) < 4.78 is 49.9. The van der Waals surface area contributed by atoms with Crippen molar-refractivity contribution in [2.24, 2.45) is 0 Å². The van der Waals surface area contributed by atoms with E-state index < -0.39 is 30.2 Å². The maximum atomic E-state index is 13.2. The molecule has 0 aromatic heterocycles. The summed E-state index contributed by atoms with van der Waals surface area (Å²) >= 11 is 0. The second-order valence-corrected chi connectivity index (χ2v) is 7.55. The van der Waals surface area contributed by atoms with Crippen LogP contribution < -0.4 is 10.2 Å². The average Bonchev–Trinajstić information content (AvgIpc) is 2.78. The molecule has 0 saturated carbocycles. The third kappa shape index (κ3) is 6.46. The summed E-state index contributed by atoms with van der Waals surface area (Å²) in [5.74, 6) is -1.36. The van der Waals surface area contributed by atoms with Crippen LogP contribution >= 0.6 is 0 Å². The molecule has 0 bridgehead atoms. The van der Waals surface area contributed by atoms with Gasteiger partial charge in [-0.2, -0.15) is 13.2 Å². The Balaban J connectivity index is 1.63. The van der Waals surface area contributed by atoms with Gasteiger partial charge in [0.05, 0.1) is 36.6 Å². The number of alkyl halides is 3. The molecule has 6 nitrogen and oxygen atoms in total. The molecule has 1 N–H and O–H groups in total. The number of hydrogen-bond acceptors (Lipinski definition) is 5. The summed E-state index contributed by atoms with van der Waals surface area (Å²) in [6.45, 7) is 3.13. The lowest BCUT2D eigenvalue weighted by Crippen LogP contribution is -2.37. The Hall–Kier alpha value is -3.07. The molecule has 9 heteroatoms. The summed E-state index contributed by atoms with van der Waals surface area (Å²) in [5, 5.41) is 2.46. The number of nitrogens with one attached hydrogen (secondary N) is 1. The highest BCUT2D eigenvalue weighted by atomic mass is 19.4. The van der Waals surface area contributed by atoms with E-state index in [0.717, 1.165) is 17.7 Å². The molecule has 0 aliphatic carbocycles. The molecule has 32 heavy (non-hydrogen) atoms. The van der Waals surface area contributed by atoms with E-state index in [4.69, 9.17) is 9.47 Å². The number of esters is 1. The first kappa shape index (κ1) is 23.6. The zero-order valence-corrected chi connectivity index (χ0v) is 17.7. The van der Waals surface area contributed by atoms with Gasteiger partial charge in [-0.3, -0.25) is 9.59 Å². The monoisotopic (exact) mass is 450 g/mol. The highest BCUT2D eigenvalue weighted by Gasteiger charge is 2.32. The highest BCUT2D eigenvalue weighted by molar-refractivity contribution is 5.96. The number of morpholine rings is 1. The lowest BCUT2D eigenvalue weighted by atomic mass is 9.98. The molecule has 1 amide bonds. The molecule has 172 valence electrons. The second-order valence-electron chi connectivity index (χ2n) is 7.55. The van der Waals surface area contributed by atoms with Gasteiger partial charge in [-0.15, -0.1) is 0 Å². The normalized spacial score (nSPS) is 15.2. The van der Waals surface area contributed by atoms with Gasteiger partial charge < -0.3 is 19.7 Å². The highest BCUT2D eigenvalue weighted by Crippen LogP contribution is 2.35. The van der Waals surface area contributed by atoms with Gasteiger partial charge in [0.25, 0.3) is 5.91 Å². The zero-order valence-electron chi connectivity index (χ0n) is 17.7. The fourth-order valence-corrected chi connectivity index (χ4v) is 3.43.